The number of carboxylic acid groups (broad SMARTS) is 1. The third kappa shape index (κ3) is 2.45. The van der Waals surface area contributed by atoms with E-state index in [0.717, 1.165) is 17.5 Å². The molecule has 0 aliphatic heterocycles. The molecule has 2 N–H and O–H groups in total. The van der Waals surface area contributed by atoms with Crippen molar-refractivity contribution in [2.75, 3.05) is 5.32 Å². The first-order chi connectivity index (χ1) is 9.61. The molecule has 3 rings (SSSR count). The van der Waals surface area contributed by atoms with E-state index in [0.29, 0.717) is 12.4 Å². The van der Waals surface area contributed by atoms with Crippen molar-refractivity contribution in [2.45, 2.75) is 18.9 Å². The first-order valence-electron chi connectivity index (χ1n) is 6.21. The molecule has 1 atom stereocenters. The zero-order chi connectivity index (χ0) is 14.1. The van der Waals surface area contributed by atoms with Crippen molar-refractivity contribution in [2.24, 2.45) is 0 Å². The Bertz CT molecular complexity index is 658. The third-order valence-electron chi connectivity index (χ3n) is 3.33. The molecule has 0 radical (unpaired) electrons. The van der Waals surface area contributed by atoms with Gasteiger partial charge in [0.2, 0.25) is 5.95 Å². The first-order valence-corrected chi connectivity index (χ1v) is 6.21. The number of anilines is 1. The molecule has 0 amide bonds. The number of hydrogen-bond acceptors (Lipinski definition) is 4. The zero-order valence-corrected chi connectivity index (χ0v) is 10.5. The summed E-state index contributed by atoms with van der Waals surface area (Å²) in [6.45, 7) is 0. The van der Waals surface area contributed by atoms with Crippen molar-refractivity contribution >= 4 is 11.9 Å². The molecule has 1 aliphatic carbocycles. The van der Waals surface area contributed by atoms with Crippen molar-refractivity contribution in [3.05, 3.63) is 53.1 Å². The van der Waals surface area contributed by atoms with Crippen LogP contribution in [0.4, 0.5) is 10.3 Å². The summed E-state index contributed by atoms with van der Waals surface area (Å²) in [5, 5.41) is 11.9. The van der Waals surface area contributed by atoms with Gasteiger partial charge in [0, 0.05) is 18.4 Å². The number of aromatic nitrogens is 2. The minimum Gasteiger partial charge on any atom is -0.478 e. The van der Waals surface area contributed by atoms with E-state index < -0.39 is 5.97 Å². The molecule has 0 bridgehead atoms. The monoisotopic (exact) mass is 273 g/mol. The number of benzene rings is 1. The SMILES string of the molecule is O=C(O)c1cnc(NC2Cc3ccc(F)cc3C2)nc1. The van der Waals surface area contributed by atoms with E-state index in [1.54, 1.807) is 12.1 Å². The highest BCUT2D eigenvalue weighted by Gasteiger charge is 2.22. The lowest BCUT2D eigenvalue weighted by Crippen LogP contribution is -2.21. The van der Waals surface area contributed by atoms with Gasteiger partial charge >= 0.3 is 5.97 Å². The maximum Gasteiger partial charge on any atom is 0.338 e. The summed E-state index contributed by atoms with van der Waals surface area (Å²) < 4.78 is 13.1. The largest absolute Gasteiger partial charge is 0.478 e. The Morgan fingerprint density at radius 1 is 1.25 bits per heavy atom. The molecule has 0 saturated heterocycles. The van der Waals surface area contributed by atoms with Crippen LogP contribution in [0.2, 0.25) is 0 Å². The van der Waals surface area contributed by atoms with Gasteiger partial charge in [-0.1, -0.05) is 6.07 Å². The molecule has 0 spiro atoms. The quantitative estimate of drug-likeness (QED) is 0.893. The lowest BCUT2D eigenvalue weighted by atomic mass is 10.1. The number of carbonyl (C=O) groups is 1. The molecule has 1 unspecified atom stereocenters. The van der Waals surface area contributed by atoms with Gasteiger partial charge < -0.3 is 10.4 Å². The molecular formula is C14H12FN3O2. The number of nitrogens with one attached hydrogen (secondary N) is 1. The number of fused-ring (bicyclic) bond motifs is 1. The van der Waals surface area contributed by atoms with Crippen molar-refractivity contribution in [1.82, 2.24) is 9.97 Å². The lowest BCUT2D eigenvalue weighted by Gasteiger charge is -2.11. The minimum absolute atomic E-state index is 0.0485. The number of nitrogens with zero attached hydrogens (tertiary/aromatic N) is 2. The normalized spacial score (nSPS) is 16.8. The van der Waals surface area contributed by atoms with E-state index in [-0.39, 0.29) is 17.4 Å². The molecule has 5 nitrogen and oxygen atoms in total. The second kappa shape index (κ2) is 4.88. The average Bonchev–Trinajstić information content (AvgIpc) is 2.80. The molecule has 20 heavy (non-hydrogen) atoms. The van der Waals surface area contributed by atoms with Gasteiger partial charge in [-0.15, -0.1) is 0 Å². The van der Waals surface area contributed by atoms with Crippen LogP contribution < -0.4 is 5.32 Å². The fraction of sp³-hybridized carbons (Fsp3) is 0.214. The zero-order valence-electron chi connectivity index (χ0n) is 10.5. The van der Waals surface area contributed by atoms with E-state index in [9.17, 15) is 9.18 Å². The molecule has 1 aliphatic rings. The Balaban J connectivity index is 1.70. The summed E-state index contributed by atoms with van der Waals surface area (Å²) in [7, 11) is 0. The Hall–Kier alpha value is -2.50. The van der Waals surface area contributed by atoms with Crippen LogP contribution >= 0.6 is 0 Å². The Morgan fingerprint density at radius 2 is 1.95 bits per heavy atom. The van der Waals surface area contributed by atoms with E-state index in [1.807, 2.05) is 0 Å². The molecule has 1 aromatic heterocycles. The summed E-state index contributed by atoms with van der Waals surface area (Å²) in [6.07, 6.45) is 4.01. The molecule has 0 saturated carbocycles. The predicted octanol–water partition coefficient (Wildman–Crippen LogP) is 1.89. The molecule has 6 heteroatoms. The lowest BCUT2D eigenvalue weighted by molar-refractivity contribution is 0.0696. The first kappa shape index (κ1) is 12.5. The average molecular weight is 273 g/mol. The summed E-state index contributed by atoms with van der Waals surface area (Å²) in [6, 6.07) is 4.90. The molecule has 0 fully saturated rings. The molecule has 2 aromatic rings. The van der Waals surface area contributed by atoms with Crippen LogP contribution in [-0.2, 0) is 12.8 Å². The van der Waals surface area contributed by atoms with E-state index in [4.69, 9.17) is 5.11 Å². The van der Waals surface area contributed by atoms with Crippen molar-refractivity contribution < 1.29 is 14.3 Å². The van der Waals surface area contributed by atoms with Crippen molar-refractivity contribution in [3.8, 4) is 0 Å². The highest BCUT2D eigenvalue weighted by Crippen LogP contribution is 2.24. The maximum atomic E-state index is 13.1. The fourth-order valence-corrected chi connectivity index (χ4v) is 2.38. The summed E-state index contributed by atoms with van der Waals surface area (Å²) in [5.41, 5.74) is 2.16. The predicted molar refractivity (Wildman–Crippen MR) is 70.2 cm³/mol. The standard InChI is InChI=1S/C14H12FN3O2/c15-11-2-1-8-4-12(5-9(8)3-11)18-14-16-6-10(7-17-14)13(19)20/h1-3,6-7,12H,4-5H2,(H,19,20)(H,16,17,18). The van der Waals surface area contributed by atoms with E-state index >= 15 is 0 Å². The fourth-order valence-electron chi connectivity index (χ4n) is 2.38. The van der Waals surface area contributed by atoms with Gasteiger partial charge in [0.1, 0.15) is 5.82 Å². The molecular weight excluding hydrogens is 261 g/mol. The Kier molecular flexibility index (Phi) is 3.06. The minimum atomic E-state index is -1.06. The Morgan fingerprint density at radius 3 is 2.65 bits per heavy atom. The van der Waals surface area contributed by atoms with Gasteiger partial charge in [-0.25, -0.2) is 19.2 Å². The van der Waals surface area contributed by atoms with Crippen LogP contribution in [-0.4, -0.2) is 27.1 Å². The number of aromatic carboxylic acids is 1. The second-order valence-electron chi connectivity index (χ2n) is 4.76. The highest BCUT2D eigenvalue weighted by molar-refractivity contribution is 5.86. The Labute approximate surface area is 114 Å². The van der Waals surface area contributed by atoms with Gasteiger partial charge in [-0.3, -0.25) is 0 Å². The third-order valence-corrected chi connectivity index (χ3v) is 3.33. The smallest absolute Gasteiger partial charge is 0.338 e. The van der Waals surface area contributed by atoms with Gasteiger partial charge in [0.15, 0.2) is 0 Å². The molecule has 102 valence electrons. The van der Waals surface area contributed by atoms with Crippen LogP contribution in [0.25, 0.3) is 0 Å². The highest BCUT2D eigenvalue weighted by atomic mass is 19.1. The summed E-state index contributed by atoms with van der Waals surface area (Å²) in [5.74, 6) is -0.903. The molecule has 1 aromatic carbocycles. The van der Waals surface area contributed by atoms with E-state index in [1.165, 1.54) is 18.5 Å². The van der Waals surface area contributed by atoms with Crippen LogP contribution in [0.5, 0.6) is 0 Å². The number of rotatable bonds is 3. The number of hydrogen-bond donors (Lipinski definition) is 2. The number of carboxylic acids is 1. The van der Waals surface area contributed by atoms with E-state index in [2.05, 4.69) is 15.3 Å². The summed E-state index contributed by atoms with van der Waals surface area (Å²) >= 11 is 0. The summed E-state index contributed by atoms with van der Waals surface area (Å²) in [4.78, 5) is 18.6. The molecule has 1 heterocycles. The van der Waals surface area contributed by atoms with Gasteiger partial charge in [0.25, 0.3) is 0 Å². The second-order valence-corrected chi connectivity index (χ2v) is 4.76. The van der Waals surface area contributed by atoms with Crippen LogP contribution in [0.3, 0.4) is 0 Å². The van der Waals surface area contributed by atoms with Crippen molar-refractivity contribution in [1.29, 1.82) is 0 Å². The number of halogens is 1. The van der Waals surface area contributed by atoms with Gasteiger partial charge in [-0.2, -0.15) is 0 Å². The van der Waals surface area contributed by atoms with Gasteiger partial charge in [0.05, 0.1) is 5.56 Å². The van der Waals surface area contributed by atoms with Crippen LogP contribution in [0.15, 0.2) is 30.6 Å². The van der Waals surface area contributed by atoms with Crippen molar-refractivity contribution in [3.63, 3.8) is 0 Å². The maximum absolute atomic E-state index is 13.1. The van der Waals surface area contributed by atoms with Gasteiger partial charge in [-0.05, 0) is 36.1 Å². The van der Waals surface area contributed by atoms with Crippen LogP contribution in [0.1, 0.15) is 21.5 Å². The topological polar surface area (TPSA) is 75.1 Å². The van der Waals surface area contributed by atoms with Crippen LogP contribution in [0, 0.1) is 5.82 Å².